The second-order valence-electron chi connectivity index (χ2n) is 6.83. The van der Waals surface area contributed by atoms with E-state index in [1.165, 1.54) is 16.4 Å². The van der Waals surface area contributed by atoms with Gasteiger partial charge >= 0.3 is 0 Å². The van der Waals surface area contributed by atoms with Gasteiger partial charge in [-0.3, -0.25) is 4.79 Å². The molecule has 0 N–H and O–H groups in total. The van der Waals surface area contributed by atoms with Crippen molar-refractivity contribution >= 4 is 27.0 Å². The lowest BCUT2D eigenvalue weighted by atomic mass is 10.3. The first-order chi connectivity index (χ1) is 13.9. The minimum absolute atomic E-state index is 0.0469. The Morgan fingerprint density at radius 3 is 2.55 bits per heavy atom. The number of rotatable bonds is 4. The van der Waals surface area contributed by atoms with Crippen molar-refractivity contribution in [2.24, 2.45) is 0 Å². The van der Waals surface area contributed by atoms with Gasteiger partial charge in [-0.25, -0.2) is 17.5 Å². The van der Waals surface area contributed by atoms with E-state index >= 15 is 0 Å². The summed E-state index contributed by atoms with van der Waals surface area (Å²) in [4.78, 5) is 14.5. The van der Waals surface area contributed by atoms with Crippen molar-refractivity contribution in [3.8, 4) is 0 Å². The van der Waals surface area contributed by atoms with E-state index in [0.717, 1.165) is 17.6 Å². The van der Waals surface area contributed by atoms with Crippen molar-refractivity contribution in [2.75, 3.05) is 26.2 Å². The van der Waals surface area contributed by atoms with E-state index < -0.39 is 15.8 Å². The number of aromatic nitrogens is 3. The number of carbonyl (C=O) groups is 1. The predicted molar refractivity (Wildman–Crippen MR) is 104 cm³/mol. The molecule has 3 aromatic rings. The molecule has 152 valence electrons. The summed E-state index contributed by atoms with van der Waals surface area (Å²) >= 11 is 0. The number of benzene rings is 2. The minimum Gasteiger partial charge on any atom is -0.340 e. The summed E-state index contributed by atoms with van der Waals surface area (Å²) in [5.74, 6) is -0.626. The van der Waals surface area contributed by atoms with Crippen molar-refractivity contribution in [3.05, 3.63) is 54.3 Å². The van der Waals surface area contributed by atoms with Gasteiger partial charge in [-0.1, -0.05) is 17.3 Å². The maximum atomic E-state index is 13.1. The molecule has 0 spiro atoms. The first kappa shape index (κ1) is 19.5. The summed E-state index contributed by atoms with van der Waals surface area (Å²) < 4.78 is 41.6. The first-order valence-corrected chi connectivity index (χ1v) is 10.7. The molecule has 2 aromatic carbocycles. The smallest absolute Gasteiger partial charge is 0.244 e. The molecule has 0 unspecified atom stereocenters. The quantitative estimate of drug-likeness (QED) is 0.642. The van der Waals surface area contributed by atoms with Crippen LogP contribution >= 0.6 is 0 Å². The zero-order valence-electron chi connectivity index (χ0n) is 15.6. The van der Waals surface area contributed by atoms with Gasteiger partial charge in [-0.2, -0.15) is 4.31 Å². The average Bonchev–Trinajstić information content (AvgIpc) is 2.95. The van der Waals surface area contributed by atoms with E-state index in [0.29, 0.717) is 25.0 Å². The number of sulfonamides is 1. The van der Waals surface area contributed by atoms with Crippen molar-refractivity contribution in [1.82, 2.24) is 24.2 Å². The van der Waals surface area contributed by atoms with E-state index in [4.69, 9.17) is 0 Å². The van der Waals surface area contributed by atoms with Gasteiger partial charge in [0.1, 0.15) is 17.9 Å². The van der Waals surface area contributed by atoms with Crippen molar-refractivity contribution in [1.29, 1.82) is 0 Å². The summed E-state index contributed by atoms with van der Waals surface area (Å²) in [6.07, 6.45) is 0.518. The van der Waals surface area contributed by atoms with Gasteiger partial charge < -0.3 is 4.90 Å². The molecule has 1 aliphatic heterocycles. The molecule has 1 aliphatic rings. The van der Waals surface area contributed by atoms with E-state index in [9.17, 15) is 17.6 Å². The Hall–Kier alpha value is -2.85. The van der Waals surface area contributed by atoms with Crippen LogP contribution in [0, 0.1) is 5.82 Å². The summed E-state index contributed by atoms with van der Waals surface area (Å²) in [5.41, 5.74) is 1.49. The highest BCUT2D eigenvalue weighted by molar-refractivity contribution is 7.89. The summed E-state index contributed by atoms with van der Waals surface area (Å²) in [6.45, 7) is 1.28. The third-order valence-corrected chi connectivity index (χ3v) is 6.88. The molecule has 0 radical (unpaired) electrons. The van der Waals surface area contributed by atoms with E-state index in [1.807, 2.05) is 24.3 Å². The van der Waals surface area contributed by atoms with Crippen LogP contribution < -0.4 is 0 Å². The number of amides is 1. The summed E-state index contributed by atoms with van der Waals surface area (Å²) in [6, 6.07) is 12.2. The fraction of sp³-hybridized carbons (Fsp3) is 0.316. The van der Waals surface area contributed by atoms with Gasteiger partial charge in [0.05, 0.1) is 10.4 Å². The Labute approximate surface area is 167 Å². The van der Waals surface area contributed by atoms with Crippen molar-refractivity contribution in [2.45, 2.75) is 17.9 Å². The highest BCUT2D eigenvalue weighted by Gasteiger charge is 2.28. The van der Waals surface area contributed by atoms with Gasteiger partial charge in [0.15, 0.2) is 0 Å². The van der Waals surface area contributed by atoms with E-state index in [-0.39, 0.29) is 30.4 Å². The zero-order valence-corrected chi connectivity index (χ0v) is 16.4. The highest BCUT2D eigenvalue weighted by atomic mass is 32.2. The molecule has 29 heavy (non-hydrogen) atoms. The fourth-order valence-electron chi connectivity index (χ4n) is 3.40. The third-order valence-electron chi connectivity index (χ3n) is 4.96. The molecule has 1 saturated heterocycles. The molecule has 10 heteroatoms. The number of hydrogen-bond acceptors (Lipinski definition) is 5. The van der Waals surface area contributed by atoms with Gasteiger partial charge in [-0.05, 0) is 42.8 Å². The Kier molecular flexibility index (Phi) is 5.29. The van der Waals surface area contributed by atoms with E-state index in [1.54, 1.807) is 9.58 Å². The maximum absolute atomic E-state index is 13.1. The molecule has 8 nitrogen and oxygen atoms in total. The van der Waals surface area contributed by atoms with Crippen LogP contribution in [0.15, 0.2) is 53.4 Å². The lowest BCUT2D eigenvalue weighted by Gasteiger charge is -2.22. The summed E-state index contributed by atoms with van der Waals surface area (Å²) in [5, 5.41) is 8.08. The average molecular weight is 417 g/mol. The SMILES string of the molecule is O=C(Cn1nnc2ccccc21)N1CCCN(S(=O)(=O)c2ccc(F)cc2)CC1. The first-order valence-electron chi connectivity index (χ1n) is 9.27. The number of carbonyl (C=O) groups excluding carboxylic acids is 1. The maximum Gasteiger partial charge on any atom is 0.244 e. The molecule has 0 aliphatic carbocycles. The van der Waals surface area contributed by atoms with Crippen LogP contribution in [0.25, 0.3) is 11.0 Å². The second kappa shape index (κ2) is 7.88. The van der Waals surface area contributed by atoms with Crippen LogP contribution in [0.3, 0.4) is 0 Å². The van der Waals surface area contributed by atoms with Gasteiger partial charge in [0, 0.05) is 26.2 Å². The Morgan fingerprint density at radius 2 is 1.76 bits per heavy atom. The van der Waals surface area contributed by atoms with Crippen molar-refractivity contribution in [3.63, 3.8) is 0 Å². The molecule has 0 bridgehead atoms. The molecule has 1 aromatic heterocycles. The topological polar surface area (TPSA) is 88.4 Å². The molecule has 0 atom stereocenters. The highest BCUT2D eigenvalue weighted by Crippen LogP contribution is 2.18. The van der Waals surface area contributed by atoms with Crippen LogP contribution in [-0.4, -0.2) is 64.7 Å². The molecule has 0 saturated carbocycles. The Balaban J connectivity index is 1.44. The number of fused-ring (bicyclic) bond motifs is 1. The largest absolute Gasteiger partial charge is 0.340 e. The monoisotopic (exact) mass is 417 g/mol. The van der Waals surface area contributed by atoms with E-state index in [2.05, 4.69) is 10.3 Å². The van der Waals surface area contributed by atoms with Crippen LogP contribution in [0.5, 0.6) is 0 Å². The van der Waals surface area contributed by atoms with Crippen LogP contribution in [0.4, 0.5) is 4.39 Å². The molecular weight excluding hydrogens is 397 g/mol. The molecular formula is C19H20FN5O3S. The van der Waals surface area contributed by atoms with Gasteiger partial charge in [0.25, 0.3) is 0 Å². The lowest BCUT2D eigenvalue weighted by Crippen LogP contribution is -2.38. The Bertz CT molecular complexity index is 1130. The minimum atomic E-state index is -3.73. The molecule has 2 heterocycles. The third kappa shape index (κ3) is 3.99. The zero-order chi connectivity index (χ0) is 20.4. The number of halogens is 1. The van der Waals surface area contributed by atoms with Crippen molar-refractivity contribution < 1.29 is 17.6 Å². The number of para-hydroxylation sites is 1. The molecule has 1 fully saturated rings. The standard InChI is InChI=1S/C19H20FN5O3S/c20-15-6-8-16(9-7-15)29(27,28)24-11-3-10-23(12-13-24)19(26)14-25-18-5-2-1-4-17(18)21-22-25/h1-2,4-9H,3,10-14H2. The predicted octanol–water partition coefficient (Wildman–Crippen LogP) is 1.49. The van der Waals surface area contributed by atoms with Crippen LogP contribution in [-0.2, 0) is 21.4 Å². The fourth-order valence-corrected chi connectivity index (χ4v) is 4.87. The number of hydrogen-bond donors (Lipinski definition) is 0. The number of nitrogens with zero attached hydrogens (tertiary/aromatic N) is 5. The molecule has 4 rings (SSSR count). The summed E-state index contributed by atoms with van der Waals surface area (Å²) in [7, 11) is -3.73. The Morgan fingerprint density at radius 1 is 1.00 bits per heavy atom. The van der Waals surface area contributed by atoms with Gasteiger partial charge in [0.2, 0.25) is 15.9 Å². The van der Waals surface area contributed by atoms with Crippen LogP contribution in [0.2, 0.25) is 0 Å². The molecule has 1 amide bonds. The lowest BCUT2D eigenvalue weighted by molar-refractivity contribution is -0.131. The second-order valence-corrected chi connectivity index (χ2v) is 8.77. The van der Waals surface area contributed by atoms with Gasteiger partial charge in [-0.15, -0.1) is 5.10 Å². The normalized spacial score (nSPS) is 16.1. The van der Waals surface area contributed by atoms with Crippen LogP contribution in [0.1, 0.15) is 6.42 Å².